The van der Waals surface area contributed by atoms with Gasteiger partial charge in [-0.2, -0.15) is 0 Å². The van der Waals surface area contributed by atoms with Gasteiger partial charge < -0.3 is 19.5 Å². The Labute approximate surface area is 224 Å². The zero-order valence-electron chi connectivity index (χ0n) is 22.4. The maximum absolute atomic E-state index is 13.1. The average Bonchev–Trinajstić information content (AvgIpc) is 3.28. The summed E-state index contributed by atoms with van der Waals surface area (Å²) in [4.78, 5) is 37.4. The van der Waals surface area contributed by atoms with E-state index in [0.717, 1.165) is 41.0 Å². The number of fused-ring (bicyclic) bond motifs is 1. The lowest BCUT2D eigenvalue weighted by atomic mass is 9.87. The number of piperidine rings is 1. The smallest absolute Gasteiger partial charge is 0.326 e. The van der Waals surface area contributed by atoms with E-state index in [1.54, 1.807) is 12.4 Å². The van der Waals surface area contributed by atoms with Crippen molar-refractivity contribution in [3.05, 3.63) is 54.1 Å². The average molecular weight is 519 g/mol. The fraction of sp³-hybridized carbons (Fsp3) is 0.517. The van der Waals surface area contributed by atoms with Crippen molar-refractivity contribution in [2.75, 3.05) is 25.1 Å². The summed E-state index contributed by atoms with van der Waals surface area (Å²) in [5, 5.41) is 6.75. The number of esters is 1. The highest BCUT2D eigenvalue weighted by Crippen LogP contribution is 2.28. The molecule has 38 heavy (non-hydrogen) atoms. The minimum atomic E-state index is -0.818. The number of benzene rings is 1. The maximum Gasteiger partial charge on any atom is 0.326 e. The number of pyridine rings is 1. The standard InChI is InChI=1S/C29H38N6O3/c1-21-8-9-25-24(18-21)33-26(35(25)20-27(36)32-22-6-4-3-5-7-22)19-31-29(28(37)38-2)12-16-34(17-13-29)23-10-14-30-15-11-23/h8-11,14-15,18,22,31H,3-7,12-13,16-17,19-20H2,1-2H3,(H,32,36). The Hall–Kier alpha value is -3.46. The summed E-state index contributed by atoms with van der Waals surface area (Å²) in [5.74, 6) is 0.482. The Morgan fingerprint density at radius 1 is 1.08 bits per heavy atom. The Morgan fingerprint density at radius 3 is 2.53 bits per heavy atom. The Morgan fingerprint density at radius 2 is 1.82 bits per heavy atom. The lowest BCUT2D eigenvalue weighted by Gasteiger charge is -2.41. The number of aromatic nitrogens is 3. The number of anilines is 1. The first kappa shape index (κ1) is 26.2. The Balaban J connectivity index is 1.34. The molecule has 3 heterocycles. The second-order valence-electron chi connectivity index (χ2n) is 10.6. The van der Waals surface area contributed by atoms with Gasteiger partial charge >= 0.3 is 5.97 Å². The van der Waals surface area contributed by atoms with Crippen LogP contribution in [0.2, 0.25) is 0 Å². The normalized spacial score (nSPS) is 17.9. The van der Waals surface area contributed by atoms with Crippen LogP contribution in [-0.4, -0.2) is 58.2 Å². The highest BCUT2D eigenvalue weighted by molar-refractivity contribution is 5.82. The molecular formula is C29H38N6O3. The number of hydrogen-bond acceptors (Lipinski definition) is 7. The van der Waals surface area contributed by atoms with Crippen molar-refractivity contribution in [1.82, 2.24) is 25.2 Å². The van der Waals surface area contributed by atoms with Crippen LogP contribution >= 0.6 is 0 Å². The number of hydrogen-bond donors (Lipinski definition) is 2. The van der Waals surface area contributed by atoms with Gasteiger partial charge in [-0.05, 0) is 62.4 Å². The molecule has 0 spiro atoms. The van der Waals surface area contributed by atoms with Gasteiger partial charge in [-0.3, -0.25) is 19.9 Å². The fourth-order valence-corrected chi connectivity index (χ4v) is 5.86. The molecule has 9 heteroatoms. The van der Waals surface area contributed by atoms with Crippen LogP contribution in [0.5, 0.6) is 0 Å². The summed E-state index contributed by atoms with van der Waals surface area (Å²) in [6.45, 7) is 4.02. The van der Waals surface area contributed by atoms with Gasteiger partial charge in [0, 0.05) is 37.2 Å². The van der Waals surface area contributed by atoms with Crippen molar-refractivity contribution in [3.8, 4) is 0 Å². The monoisotopic (exact) mass is 518 g/mol. The minimum absolute atomic E-state index is 0.00589. The van der Waals surface area contributed by atoms with Gasteiger partial charge in [0.1, 0.15) is 17.9 Å². The number of ether oxygens (including phenoxy) is 1. The number of methoxy groups -OCH3 is 1. The van der Waals surface area contributed by atoms with Gasteiger partial charge in [-0.15, -0.1) is 0 Å². The summed E-state index contributed by atoms with van der Waals surface area (Å²) in [6, 6.07) is 10.3. The largest absolute Gasteiger partial charge is 0.468 e. The number of carbonyl (C=O) groups excluding carboxylic acids is 2. The predicted molar refractivity (Wildman–Crippen MR) is 147 cm³/mol. The summed E-state index contributed by atoms with van der Waals surface area (Å²) >= 11 is 0. The lowest BCUT2D eigenvalue weighted by molar-refractivity contribution is -0.149. The Bertz CT molecular complexity index is 1260. The number of nitrogens with zero attached hydrogens (tertiary/aromatic N) is 4. The summed E-state index contributed by atoms with van der Waals surface area (Å²) in [5.41, 5.74) is 3.17. The minimum Gasteiger partial charge on any atom is -0.468 e. The zero-order valence-corrected chi connectivity index (χ0v) is 22.4. The van der Waals surface area contributed by atoms with Crippen LogP contribution < -0.4 is 15.5 Å². The van der Waals surface area contributed by atoms with Crippen LogP contribution in [0.4, 0.5) is 5.69 Å². The van der Waals surface area contributed by atoms with Gasteiger partial charge in [-0.1, -0.05) is 25.3 Å². The van der Waals surface area contributed by atoms with Crippen molar-refractivity contribution in [2.45, 2.75) is 76.5 Å². The third-order valence-corrected chi connectivity index (χ3v) is 8.06. The molecule has 3 aromatic rings. The van der Waals surface area contributed by atoms with E-state index in [9.17, 15) is 9.59 Å². The second-order valence-corrected chi connectivity index (χ2v) is 10.6. The molecule has 1 aliphatic heterocycles. The van der Waals surface area contributed by atoms with E-state index in [-0.39, 0.29) is 24.5 Å². The summed E-state index contributed by atoms with van der Waals surface area (Å²) in [7, 11) is 1.44. The number of amides is 1. The molecule has 0 atom stereocenters. The lowest BCUT2D eigenvalue weighted by Crippen LogP contribution is -2.58. The van der Waals surface area contributed by atoms with Crippen molar-refractivity contribution in [2.24, 2.45) is 0 Å². The summed E-state index contributed by atoms with van der Waals surface area (Å²) < 4.78 is 7.24. The van der Waals surface area contributed by atoms with E-state index in [4.69, 9.17) is 9.72 Å². The summed E-state index contributed by atoms with van der Waals surface area (Å²) in [6.07, 6.45) is 10.4. The second kappa shape index (κ2) is 11.5. The van der Waals surface area contributed by atoms with E-state index in [1.165, 1.54) is 26.4 Å². The molecule has 0 radical (unpaired) electrons. The molecule has 0 unspecified atom stereocenters. The van der Waals surface area contributed by atoms with Crippen molar-refractivity contribution >= 4 is 28.6 Å². The molecule has 9 nitrogen and oxygen atoms in total. The quantitative estimate of drug-likeness (QED) is 0.440. The first-order valence-corrected chi connectivity index (χ1v) is 13.7. The van der Waals surface area contributed by atoms with Crippen molar-refractivity contribution < 1.29 is 14.3 Å². The van der Waals surface area contributed by atoms with E-state index in [0.29, 0.717) is 32.5 Å². The van der Waals surface area contributed by atoms with Gasteiger partial charge in [0.2, 0.25) is 5.91 Å². The van der Waals surface area contributed by atoms with Crippen LogP contribution in [0, 0.1) is 6.92 Å². The molecular weight excluding hydrogens is 480 g/mol. The van der Waals surface area contributed by atoms with E-state index in [2.05, 4.69) is 20.5 Å². The molecule has 5 rings (SSSR count). The number of rotatable bonds is 8. The van der Waals surface area contributed by atoms with Crippen LogP contribution in [0.1, 0.15) is 56.3 Å². The predicted octanol–water partition coefficient (Wildman–Crippen LogP) is 3.49. The van der Waals surface area contributed by atoms with Gasteiger partial charge in [0.15, 0.2) is 0 Å². The zero-order chi connectivity index (χ0) is 26.5. The van der Waals surface area contributed by atoms with Crippen LogP contribution in [0.3, 0.4) is 0 Å². The van der Waals surface area contributed by atoms with Crippen LogP contribution in [0.25, 0.3) is 11.0 Å². The molecule has 1 aromatic carbocycles. The van der Waals surface area contributed by atoms with Gasteiger partial charge in [-0.25, -0.2) is 4.98 Å². The van der Waals surface area contributed by atoms with Crippen molar-refractivity contribution in [1.29, 1.82) is 0 Å². The van der Waals surface area contributed by atoms with Crippen LogP contribution in [0.15, 0.2) is 42.7 Å². The van der Waals surface area contributed by atoms with Gasteiger partial charge in [0.05, 0.1) is 24.7 Å². The molecule has 1 aliphatic carbocycles. The number of aryl methyl sites for hydroxylation is 1. The molecule has 1 amide bonds. The molecule has 1 saturated carbocycles. The number of carbonyl (C=O) groups is 2. The van der Waals surface area contributed by atoms with Gasteiger partial charge in [0.25, 0.3) is 0 Å². The van der Waals surface area contributed by atoms with E-state index in [1.807, 2.05) is 41.8 Å². The highest BCUT2D eigenvalue weighted by atomic mass is 16.5. The van der Waals surface area contributed by atoms with Crippen LogP contribution in [-0.2, 0) is 27.4 Å². The molecule has 2 aliphatic rings. The Kier molecular flexibility index (Phi) is 7.93. The van der Waals surface area contributed by atoms with Crippen molar-refractivity contribution in [3.63, 3.8) is 0 Å². The fourth-order valence-electron chi connectivity index (χ4n) is 5.86. The third-order valence-electron chi connectivity index (χ3n) is 8.06. The molecule has 2 aromatic heterocycles. The molecule has 2 N–H and O–H groups in total. The number of imidazole rings is 1. The topological polar surface area (TPSA) is 101 Å². The molecule has 1 saturated heterocycles. The maximum atomic E-state index is 13.1. The molecule has 0 bridgehead atoms. The number of nitrogens with one attached hydrogen (secondary N) is 2. The molecule has 202 valence electrons. The van der Waals surface area contributed by atoms with E-state index < -0.39 is 5.54 Å². The SMILES string of the molecule is COC(=O)C1(NCc2nc3cc(C)ccc3n2CC(=O)NC2CCCCC2)CCN(c2ccncc2)CC1. The third kappa shape index (κ3) is 5.67. The molecule has 2 fully saturated rings. The van der Waals surface area contributed by atoms with E-state index >= 15 is 0 Å². The first-order valence-electron chi connectivity index (χ1n) is 13.7. The first-order chi connectivity index (χ1) is 18.5. The highest BCUT2D eigenvalue weighted by Gasteiger charge is 2.42.